The average Bonchev–Trinajstić information content (AvgIpc) is 2.91. The molecule has 0 aliphatic rings. The largest absolute Gasteiger partial charge is 0.496 e. The maximum Gasteiger partial charge on any atom is 0.260 e. The molecule has 0 bridgehead atoms. The number of benzene rings is 1. The zero-order valence-electron chi connectivity index (χ0n) is 12.2. The highest BCUT2D eigenvalue weighted by atomic mass is 32.1. The fraction of sp³-hybridized carbons (Fsp3) is 0.250. The Morgan fingerprint density at radius 3 is 2.86 bits per heavy atom. The Morgan fingerprint density at radius 2 is 2.14 bits per heavy atom. The van der Waals surface area contributed by atoms with Gasteiger partial charge >= 0.3 is 0 Å². The number of aryl methyl sites for hydroxylation is 2. The van der Waals surface area contributed by atoms with Crippen LogP contribution in [0.15, 0.2) is 28.4 Å². The van der Waals surface area contributed by atoms with Gasteiger partial charge in [0, 0.05) is 22.9 Å². The summed E-state index contributed by atoms with van der Waals surface area (Å²) in [5.74, 6) is 1.48. The van der Waals surface area contributed by atoms with Gasteiger partial charge in [-0.15, -0.1) is 11.3 Å². The average molecular weight is 300 g/mol. The molecular weight excluding hydrogens is 284 g/mol. The van der Waals surface area contributed by atoms with Crippen LogP contribution >= 0.6 is 11.3 Å². The molecule has 0 fully saturated rings. The van der Waals surface area contributed by atoms with E-state index in [0.29, 0.717) is 11.8 Å². The lowest BCUT2D eigenvalue weighted by Gasteiger charge is -2.08. The molecule has 0 aliphatic heterocycles. The molecule has 0 amide bonds. The molecule has 0 radical (unpaired) electrons. The lowest BCUT2D eigenvalue weighted by Crippen LogP contribution is -2.10. The fourth-order valence-corrected chi connectivity index (χ4v) is 3.35. The number of nitrogens with zero attached hydrogens (tertiary/aromatic N) is 1. The van der Waals surface area contributed by atoms with Crippen molar-refractivity contribution in [3.8, 4) is 16.9 Å². The highest BCUT2D eigenvalue weighted by molar-refractivity contribution is 7.17. The minimum absolute atomic E-state index is 0.0864. The van der Waals surface area contributed by atoms with Crippen LogP contribution in [0.2, 0.25) is 0 Å². The molecule has 1 N–H and O–H groups in total. The molecule has 21 heavy (non-hydrogen) atoms. The van der Waals surface area contributed by atoms with Crippen LogP contribution in [-0.2, 0) is 6.42 Å². The molecule has 2 heterocycles. The fourth-order valence-electron chi connectivity index (χ4n) is 2.39. The van der Waals surface area contributed by atoms with Gasteiger partial charge in [0.05, 0.1) is 12.5 Å². The van der Waals surface area contributed by atoms with Gasteiger partial charge in [0.2, 0.25) is 0 Å². The first-order valence-corrected chi connectivity index (χ1v) is 7.67. The molecule has 0 saturated heterocycles. The number of thiophene rings is 1. The van der Waals surface area contributed by atoms with Crippen LogP contribution in [0, 0.1) is 6.92 Å². The van der Waals surface area contributed by atoms with Crippen LogP contribution in [0.4, 0.5) is 0 Å². The highest BCUT2D eigenvalue weighted by Gasteiger charge is 2.15. The molecule has 0 saturated carbocycles. The van der Waals surface area contributed by atoms with Gasteiger partial charge in [0.15, 0.2) is 0 Å². The molecule has 2 aromatic heterocycles. The molecule has 4 nitrogen and oxygen atoms in total. The maximum atomic E-state index is 12.4. The second kappa shape index (κ2) is 5.33. The Morgan fingerprint density at radius 1 is 1.33 bits per heavy atom. The van der Waals surface area contributed by atoms with Crippen molar-refractivity contribution in [2.75, 3.05) is 7.11 Å². The smallest absolute Gasteiger partial charge is 0.260 e. The summed E-state index contributed by atoms with van der Waals surface area (Å²) in [6.07, 6.45) is 0.714. The predicted molar refractivity (Wildman–Crippen MR) is 86.3 cm³/mol. The topological polar surface area (TPSA) is 55.0 Å². The third-order valence-electron chi connectivity index (χ3n) is 3.47. The van der Waals surface area contributed by atoms with Crippen LogP contribution in [0.25, 0.3) is 21.3 Å². The number of fused-ring (bicyclic) bond motifs is 1. The first kappa shape index (κ1) is 13.8. The van der Waals surface area contributed by atoms with E-state index in [4.69, 9.17) is 4.74 Å². The molecule has 5 heteroatoms. The van der Waals surface area contributed by atoms with Crippen molar-refractivity contribution >= 4 is 21.6 Å². The number of aromatic amines is 1. The van der Waals surface area contributed by atoms with E-state index in [1.807, 2.05) is 37.4 Å². The Bertz CT molecular complexity index is 864. The summed E-state index contributed by atoms with van der Waals surface area (Å²) in [5.41, 5.74) is 2.85. The number of aromatic nitrogens is 2. The third kappa shape index (κ3) is 2.34. The molecule has 3 rings (SSSR count). The summed E-state index contributed by atoms with van der Waals surface area (Å²) in [4.78, 5) is 20.5. The first-order valence-electron chi connectivity index (χ1n) is 6.79. The number of hydrogen-bond donors (Lipinski definition) is 1. The Hall–Kier alpha value is -2.14. The molecule has 0 unspecified atom stereocenters. The number of rotatable bonds is 3. The van der Waals surface area contributed by atoms with Crippen molar-refractivity contribution in [3.63, 3.8) is 0 Å². The summed E-state index contributed by atoms with van der Waals surface area (Å²) >= 11 is 1.49. The van der Waals surface area contributed by atoms with Crippen LogP contribution in [0.3, 0.4) is 0 Å². The number of hydrogen-bond acceptors (Lipinski definition) is 4. The summed E-state index contributed by atoms with van der Waals surface area (Å²) in [7, 11) is 1.64. The monoisotopic (exact) mass is 300 g/mol. The molecule has 3 aromatic rings. The van der Waals surface area contributed by atoms with E-state index in [-0.39, 0.29) is 5.56 Å². The molecule has 0 spiro atoms. The van der Waals surface area contributed by atoms with Crippen LogP contribution in [-0.4, -0.2) is 17.1 Å². The zero-order valence-corrected chi connectivity index (χ0v) is 13.0. The third-order valence-corrected chi connectivity index (χ3v) is 4.35. The Labute approximate surface area is 126 Å². The van der Waals surface area contributed by atoms with Gasteiger partial charge in [0.25, 0.3) is 5.56 Å². The Kier molecular flexibility index (Phi) is 3.51. The van der Waals surface area contributed by atoms with Crippen molar-refractivity contribution in [1.82, 2.24) is 9.97 Å². The molecular formula is C16H16N2O2S. The zero-order chi connectivity index (χ0) is 15.0. The second-order valence-corrected chi connectivity index (χ2v) is 5.76. The first-order chi connectivity index (χ1) is 10.1. The van der Waals surface area contributed by atoms with Gasteiger partial charge in [-0.25, -0.2) is 4.98 Å². The molecule has 108 valence electrons. The van der Waals surface area contributed by atoms with E-state index < -0.39 is 0 Å². The summed E-state index contributed by atoms with van der Waals surface area (Å²) in [6, 6.07) is 5.96. The normalized spacial score (nSPS) is 11.0. The van der Waals surface area contributed by atoms with E-state index in [1.165, 1.54) is 11.3 Å². The van der Waals surface area contributed by atoms with E-state index in [9.17, 15) is 4.79 Å². The van der Waals surface area contributed by atoms with Crippen molar-refractivity contribution in [3.05, 3.63) is 45.3 Å². The quantitative estimate of drug-likeness (QED) is 0.805. The van der Waals surface area contributed by atoms with Crippen molar-refractivity contribution in [1.29, 1.82) is 0 Å². The number of nitrogens with one attached hydrogen (secondary N) is 1. The number of H-pyrrole nitrogens is 1. The summed E-state index contributed by atoms with van der Waals surface area (Å²) < 4.78 is 5.43. The van der Waals surface area contributed by atoms with E-state index >= 15 is 0 Å². The second-order valence-electron chi connectivity index (χ2n) is 4.90. The van der Waals surface area contributed by atoms with E-state index in [0.717, 1.165) is 33.1 Å². The Balaban J connectivity index is 2.32. The van der Waals surface area contributed by atoms with E-state index in [1.54, 1.807) is 7.11 Å². The molecule has 1 aromatic carbocycles. The van der Waals surface area contributed by atoms with Gasteiger partial charge < -0.3 is 9.72 Å². The SMILES string of the molecule is CCc1nc2scc(-c3cc(C)ccc3OC)c2c(=O)[nH]1. The van der Waals surface area contributed by atoms with Gasteiger partial charge in [-0.2, -0.15) is 0 Å². The highest BCUT2D eigenvalue weighted by Crippen LogP contribution is 2.36. The molecule has 0 atom stereocenters. The molecule has 0 aliphatic carbocycles. The lowest BCUT2D eigenvalue weighted by atomic mass is 10.0. The minimum atomic E-state index is -0.0864. The minimum Gasteiger partial charge on any atom is -0.496 e. The maximum absolute atomic E-state index is 12.4. The number of methoxy groups -OCH3 is 1. The van der Waals surface area contributed by atoms with Gasteiger partial charge in [-0.1, -0.05) is 18.6 Å². The van der Waals surface area contributed by atoms with Crippen molar-refractivity contribution in [2.45, 2.75) is 20.3 Å². The van der Waals surface area contributed by atoms with Gasteiger partial charge in [0.1, 0.15) is 16.4 Å². The standard InChI is InChI=1S/C16H16N2O2S/c1-4-13-17-15(19)14-11(8-21-16(14)18-13)10-7-9(2)5-6-12(10)20-3/h5-8H,4H2,1-3H3,(H,17,18,19). The van der Waals surface area contributed by atoms with Crippen molar-refractivity contribution in [2.24, 2.45) is 0 Å². The van der Waals surface area contributed by atoms with E-state index in [2.05, 4.69) is 9.97 Å². The lowest BCUT2D eigenvalue weighted by molar-refractivity contribution is 0.416. The van der Waals surface area contributed by atoms with Crippen LogP contribution in [0.5, 0.6) is 5.75 Å². The summed E-state index contributed by atoms with van der Waals surface area (Å²) in [5, 5.41) is 2.62. The van der Waals surface area contributed by atoms with Crippen LogP contribution in [0.1, 0.15) is 18.3 Å². The predicted octanol–water partition coefficient (Wildman–Crippen LogP) is 3.53. The van der Waals surface area contributed by atoms with Gasteiger partial charge in [-0.05, 0) is 19.1 Å². The summed E-state index contributed by atoms with van der Waals surface area (Å²) in [6.45, 7) is 4.00. The van der Waals surface area contributed by atoms with Crippen LogP contribution < -0.4 is 10.3 Å². The van der Waals surface area contributed by atoms with Crippen molar-refractivity contribution < 1.29 is 4.74 Å². The van der Waals surface area contributed by atoms with Gasteiger partial charge in [-0.3, -0.25) is 4.79 Å². The number of ether oxygens (including phenoxy) is 1.